The van der Waals surface area contributed by atoms with Crippen LogP contribution in [0.15, 0.2) is 35.7 Å². The number of carbonyl (C=O) groups is 2. The molecule has 0 atom stereocenters. The number of carbonyl (C=O) groups excluding carboxylic acids is 2. The lowest BCUT2D eigenvalue weighted by atomic mass is 10.1. The lowest BCUT2D eigenvalue weighted by Crippen LogP contribution is -2.35. The first-order chi connectivity index (χ1) is 13.5. The first-order valence-corrected chi connectivity index (χ1v) is 10.6. The molecule has 1 aliphatic heterocycles. The Bertz CT molecular complexity index is 1030. The van der Waals surface area contributed by atoms with E-state index in [1.165, 1.54) is 29.8 Å². The summed E-state index contributed by atoms with van der Waals surface area (Å²) in [4.78, 5) is 33.1. The molecule has 1 N–H and O–H groups in total. The highest BCUT2D eigenvalue weighted by molar-refractivity contribution is 7.16. The summed E-state index contributed by atoms with van der Waals surface area (Å²) in [6.45, 7) is 0.986. The molecule has 0 bridgehead atoms. The van der Waals surface area contributed by atoms with Crippen LogP contribution in [0.25, 0.3) is 0 Å². The molecule has 0 radical (unpaired) electrons. The van der Waals surface area contributed by atoms with Crippen molar-refractivity contribution in [1.29, 1.82) is 0 Å². The third-order valence-electron chi connectivity index (χ3n) is 4.38. The van der Waals surface area contributed by atoms with Gasteiger partial charge in [0.15, 0.2) is 5.13 Å². The van der Waals surface area contributed by atoms with Crippen molar-refractivity contribution in [1.82, 2.24) is 9.88 Å². The quantitative estimate of drug-likeness (QED) is 0.665. The molecule has 9 heteroatoms. The number of benzene rings is 1. The number of rotatable bonds is 4. The summed E-state index contributed by atoms with van der Waals surface area (Å²) < 4.78 is 5.30. The van der Waals surface area contributed by atoms with Crippen LogP contribution in [-0.2, 0) is 13.0 Å². The Kier molecular flexibility index (Phi) is 5.34. The van der Waals surface area contributed by atoms with Gasteiger partial charge in [-0.05, 0) is 29.6 Å². The highest BCUT2D eigenvalue weighted by Gasteiger charge is 2.27. The fourth-order valence-corrected chi connectivity index (χ4v) is 4.82. The number of methoxy groups -OCH3 is 1. The molecule has 2 aromatic heterocycles. The van der Waals surface area contributed by atoms with Gasteiger partial charge in [-0.25, -0.2) is 4.98 Å². The predicted molar refractivity (Wildman–Crippen MR) is 111 cm³/mol. The smallest absolute Gasteiger partial charge is 0.267 e. The minimum absolute atomic E-state index is 0.137. The minimum atomic E-state index is -0.169. The zero-order chi connectivity index (χ0) is 19.7. The van der Waals surface area contributed by atoms with Crippen LogP contribution in [0.1, 0.15) is 30.6 Å². The molecule has 0 spiro atoms. The fraction of sp³-hybridized carbons (Fsp3) is 0.211. The molecule has 6 nitrogen and oxygen atoms in total. The van der Waals surface area contributed by atoms with Crippen molar-refractivity contribution in [3.63, 3.8) is 0 Å². The zero-order valence-corrected chi connectivity index (χ0v) is 17.3. The van der Waals surface area contributed by atoms with E-state index < -0.39 is 0 Å². The van der Waals surface area contributed by atoms with E-state index >= 15 is 0 Å². The van der Waals surface area contributed by atoms with Crippen LogP contribution in [0.4, 0.5) is 5.13 Å². The molecule has 1 aromatic carbocycles. The second-order valence-corrected chi connectivity index (χ2v) is 8.61. The van der Waals surface area contributed by atoms with E-state index in [9.17, 15) is 9.59 Å². The number of hydrogen-bond donors (Lipinski definition) is 1. The second kappa shape index (κ2) is 7.90. The van der Waals surface area contributed by atoms with E-state index in [1.807, 2.05) is 11.4 Å². The van der Waals surface area contributed by atoms with Gasteiger partial charge < -0.3 is 9.64 Å². The summed E-state index contributed by atoms with van der Waals surface area (Å²) in [6, 6.07) is 8.61. The zero-order valence-electron chi connectivity index (χ0n) is 14.9. The highest BCUT2D eigenvalue weighted by atomic mass is 35.5. The number of aromatic nitrogens is 1. The topological polar surface area (TPSA) is 71.5 Å². The number of fused-ring (bicyclic) bond motifs is 1. The number of nitrogens with one attached hydrogen (secondary N) is 1. The van der Waals surface area contributed by atoms with Crippen molar-refractivity contribution < 1.29 is 14.3 Å². The van der Waals surface area contributed by atoms with E-state index in [0.717, 1.165) is 10.6 Å². The van der Waals surface area contributed by atoms with E-state index in [0.29, 0.717) is 45.9 Å². The number of hydrogen-bond acceptors (Lipinski definition) is 6. The van der Waals surface area contributed by atoms with Gasteiger partial charge in [-0.2, -0.15) is 0 Å². The van der Waals surface area contributed by atoms with Crippen molar-refractivity contribution in [3.8, 4) is 5.75 Å². The van der Waals surface area contributed by atoms with Crippen LogP contribution < -0.4 is 10.1 Å². The Morgan fingerprint density at radius 2 is 2.18 bits per heavy atom. The maximum absolute atomic E-state index is 13.0. The molecule has 0 fully saturated rings. The van der Waals surface area contributed by atoms with Crippen molar-refractivity contribution >= 4 is 51.2 Å². The molecule has 0 unspecified atom stereocenters. The first-order valence-electron chi connectivity index (χ1n) is 8.51. The normalized spacial score (nSPS) is 13.1. The molecular formula is C19H16ClN3O3S2. The van der Waals surface area contributed by atoms with E-state index in [1.54, 1.807) is 29.2 Å². The van der Waals surface area contributed by atoms with Crippen LogP contribution >= 0.6 is 34.3 Å². The monoisotopic (exact) mass is 433 g/mol. The number of thiophene rings is 1. The molecule has 0 saturated carbocycles. The van der Waals surface area contributed by atoms with Gasteiger partial charge in [0, 0.05) is 22.9 Å². The van der Waals surface area contributed by atoms with Crippen LogP contribution in [0.3, 0.4) is 0 Å². The minimum Gasteiger partial charge on any atom is -0.496 e. The fourth-order valence-electron chi connectivity index (χ4n) is 3.01. The van der Waals surface area contributed by atoms with Crippen molar-refractivity contribution in [3.05, 3.63) is 61.7 Å². The number of nitrogens with zero attached hydrogens (tertiary/aromatic N) is 2. The van der Waals surface area contributed by atoms with Crippen LogP contribution in [0, 0.1) is 0 Å². The van der Waals surface area contributed by atoms with Gasteiger partial charge in [-0.15, -0.1) is 11.3 Å². The number of amides is 2. The number of halogens is 1. The summed E-state index contributed by atoms with van der Waals surface area (Å²) in [7, 11) is 1.53. The number of thiazole rings is 1. The lowest BCUT2D eigenvalue weighted by Gasteiger charge is -2.26. The van der Waals surface area contributed by atoms with Gasteiger partial charge >= 0.3 is 0 Å². The molecule has 3 aromatic rings. The molecule has 4 rings (SSSR count). The Hall–Kier alpha value is -2.42. The molecular weight excluding hydrogens is 418 g/mol. The van der Waals surface area contributed by atoms with Gasteiger partial charge in [0.1, 0.15) is 5.75 Å². The van der Waals surface area contributed by atoms with E-state index in [-0.39, 0.29) is 11.8 Å². The summed E-state index contributed by atoms with van der Waals surface area (Å²) in [5, 5.41) is 5.74. The third-order valence-corrected chi connectivity index (χ3v) is 6.48. The molecule has 2 amide bonds. The average Bonchev–Trinajstić information content (AvgIpc) is 3.36. The summed E-state index contributed by atoms with van der Waals surface area (Å²) in [5.74, 6) is 0.189. The molecule has 144 valence electrons. The first kappa shape index (κ1) is 18.9. The summed E-state index contributed by atoms with van der Waals surface area (Å²) >= 11 is 8.84. The maximum Gasteiger partial charge on any atom is 0.267 e. The Morgan fingerprint density at radius 1 is 1.32 bits per heavy atom. The average molecular weight is 434 g/mol. The predicted octanol–water partition coefficient (Wildman–Crippen LogP) is 4.32. The Morgan fingerprint density at radius 3 is 2.93 bits per heavy atom. The standard InChI is InChI=1S/C19H16ClN3O3S2/c1-26-14-5-4-11(20)9-12(14)18(25)23-7-6-13-16(10-23)28-19(21-13)22-17(24)15-3-2-8-27-15/h2-5,8-9H,6-7,10H2,1H3,(H,21,22,24). The molecule has 1 aliphatic rings. The molecule has 3 heterocycles. The van der Waals surface area contributed by atoms with E-state index in [4.69, 9.17) is 16.3 Å². The Balaban J connectivity index is 1.51. The van der Waals surface area contributed by atoms with Gasteiger partial charge in [0.2, 0.25) is 0 Å². The Labute approximate surface area is 174 Å². The largest absolute Gasteiger partial charge is 0.496 e. The summed E-state index contributed by atoms with van der Waals surface area (Å²) in [6.07, 6.45) is 0.634. The maximum atomic E-state index is 13.0. The lowest BCUT2D eigenvalue weighted by molar-refractivity contribution is 0.0732. The summed E-state index contributed by atoms with van der Waals surface area (Å²) in [5.41, 5.74) is 1.36. The van der Waals surface area contributed by atoms with Crippen molar-refractivity contribution in [2.75, 3.05) is 19.0 Å². The highest BCUT2D eigenvalue weighted by Crippen LogP contribution is 2.31. The molecule has 28 heavy (non-hydrogen) atoms. The number of ether oxygens (including phenoxy) is 1. The third kappa shape index (κ3) is 3.76. The van der Waals surface area contributed by atoms with Gasteiger partial charge in [-0.1, -0.05) is 29.0 Å². The van der Waals surface area contributed by atoms with Crippen molar-refractivity contribution in [2.24, 2.45) is 0 Å². The molecule has 0 aliphatic carbocycles. The van der Waals surface area contributed by atoms with Crippen LogP contribution in [0.2, 0.25) is 5.02 Å². The SMILES string of the molecule is COc1ccc(Cl)cc1C(=O)N1CCc2nc(NC(=O)c3cccs3)sc2C1. The van der Waals surface area contributed by atoms with Crippen molar-refractivity contribution in [2.45, 2.75) is 13.0 Å². The second-order valence-electron chi connectivity index (χ2n) is 6.14. The van der Waals surface area contributed by atoms with E-state index in [2.05, 4.69) is 10.3 Å². The van der Waals surface area contributed by atoms with Gasteiger partial charge in [0.05, 0.1) is 29.8 Å². The van der Waals surface area contributed by atoms with Gasteiger partial charge in [-0.3, -0.25) is 14.9 Å². The van der Waals surface area contributed by atoms with Crippen LogP contribution in [-0.4, -0.2) is 35.4 Å². The van der Waals surface area contributed by atoms with Gasteiger partial charge in [0.25, 0.3) is 11.8 Å². The van der Waals surface area contributed by atoms with Crippen LogP contribution in [0.5, 0.6) is 5.75 Å². The number of anilines is 1. The molecule has 0 saturated heterocycles.